The highest BCUT2D eigenvalue weighted by Crippen LogP contribution is 2.11. The summed E-state index contributed by atoms with van der Waals surface area (Å²) in [7, 11) is 1.63. The third-order valence-corrected chi connectivity index (χ3v) is 4.39. The van der Waals surface area contributed by atoms with Crippen molar-refractivity contribution in [3.63, 3.8) is 0 Å². The summed E-state index contributed by atoms with van der Waals surface area (Å²) < 4.78 is 1.58. The summed E-state index contributed by atoms with van der Waals surface area (Å²) in [6.45, 7) is 5.73. The van der Waals surface area contributed by atoms with Crippen LogP contribution in [0.25, 0.3) is 5.78 Å². The largest absolute Gasteiger partial charge is 0.358 e. The second kappa shape index (κ2) is 7.14. The third-order valence-electron chi connectivity index (χ3n) is 4.39. The monoisotopic (exact) mass is 345 g/mol. The molecule has 0 spiro atoms. The molecule has 3 rings (SSSR count). The van der Waals surface area contributed by atoms with Gasteiger partial charge in [-0.25, -0.2) is 9.50 Å². The van der Waals surface area contributed by atoms with Crippen molar-refractivity contribution in [2.24, 2.45) is 0 Å². The molecule has 2 aromatic heterocycles. The molecule has 9 heteroatoms. The zero-order chi connectivity index (χ0) is 18.0. The Balaban J connectivity index is 1.60. The van der Waals surface area contributed by atoms with Crippen LogP contribution in [-0.2, 0) is 4.79 Å². The lowest BCUT2D eigenvalue weighted by Crippen LogP contribution is -2.47. The van der Waals surface area contributed by atoms with E-state index < -0.39 is 0 Å². The summed E-state index contributed by atoms with van der Waals surface area (Å²) >= 11 is 0. The van der Waals surface area contributed by atoms with E-state index in [0.29, 0.717) is 12.3 Å². The molecule has 9 nitrogen and oxygen atoms in total. The lowest BCUT2D eigenvalue weighted by Gasteiger charge is -2.31. The number of likely N-dealkylation sites (N-methyl/N-ethyl adjacent to an activating group) is 1. The average molecular weight is 345 g/mol. The van der Waals surface area contributed by atoms with E-state index in [2.05, 4.69) is 30.6 Å². The molecule has 1 aliphatic heterocycles. The fraction of sp³-hybridized carbons (Fsp3) is 0.562. The van der Waals surface area contributed by atoms with Gasteiger partial charge >= 0.3 is 0 Å². The summed E-state index contributed by atoms with van der Waals surface area (Å²) in [5.41, 5.74) is 1.73. The topological polar surface area (TPSA) is 105 Å². The predicted molar refractivity (Wildman–Crippen MR) is 91.3 cm³/mol. The van der Waals surface area contributed by atoms with Gasteiger partial charge in [0.15, 0.2) is 0 Å². The van der Waals surface area contributed by atoms with Gasteiger partial charge < -0.3 is 10.6 Å². The summed E-state index contributed by atoms with van der Waals surface area (Å²) in [6, 6.07) is 1.96. The molecule has 1 fully saturated rings. The van der Waals surface area contributed by atoms with Crippen molar-refractivity contribution < 1.29 is 9.59 Å². The predicted octanol–water partition coefficient (Wildman–Crippen LogP) is -0.319. The van der Waals surface area contributed by atoms with Crippen molar-refractivity contribution in [1.82, 2.24) is 35.1 Å². The van der Waals surface area contributed by atoms with Crippen molar-refractivity contribution in [3.8, 4) is 0 Å². The van der Waals surface area contributed by atoms with Gasteiger partial charge in [-0.05, 0) is 32.8 Å². The maximum atomic E-state index is 12.4. The highest BCUT2D eigenvalue weighted by Gasteiger charge is 2.24. The van der Waals surface area contributed by atoms with Crippen molar-refractivity contribution in [1.29, 1.82) is 0 Å². The van der Waals surface area contributed by atoms with Gasteiger partial charge in [0.25, 0.3) is 11.7 Å². The van der Waals surface area contributed by atoms with E-state index >= 15 is 0 Å². The Morgan fingerprint density at radius 3 is 2.64 bits per heavy atom. The van der Waals surface area contributed by atoms with Crippen LogP contribution in [0.1, 0.15) is 34.8 Å². The van der Waals surface area contributed by atoms with Gasteiger partial charge in [0.2, 0.25) is 11.7 Å². The number of fused-ring (bicyclic) bond motifs is 1. The second-order valence-corrected chi connectivity index (χ2v) is 6.38. The molecule has 134 valence electrons. The Morgan fingerprint density at radius 2 is 1.96 bits per heavy atom. The zero-order valence-corrected chi connectivity index (χ0v) is 14.7. The van der Waals surface area contributed by atoms with E-state index in [1.54, 1.807) is 11.6 Å². The Labute approximate surface area is 145 Å². The van der Waals surface area contributed by atoms with Gasteiger partial charge in [0.05, 0.1) is 6.54 Å². The van der Waals surface area contributed by atoms with Crippen LogP contribution in [0.5, 0.6) is 0 Å². The zero-order valence-electron chi connectivity index (χ0n) is 14.7. The van der Waals surface area contributed by atoms with E-state index in [0.717, 1.165) is 37.3 Å². The van der Waals surface area contributed by atoms with Crippen LogP contribution >= 0.6 is 0 Å². The minimum atomic E-state index is -0.285. The first-order valence-corrected chi connectivity index (χ1v) is 8.41. The second-order valence-electron chi connectivity index (χ2n) is 6.38. The first kappa shape index (κ1) is 17.3. The number of carbonyl (C=O) groups is 2. The summed E-state index contributed by atoms with van der Waals surface area (Å²) in [5, 5.41) is 9.86. The van der Waals surface area contributed by atoms with Gasteiger partial charge in [-0.15, -0.1) is 5.10 Å². The molecule has 0 bridgehead atoms. The molecular formula is C16H23N7O2. The van der Waals surface area contributed by atoms with Crippen molar-refractivity contribution in [2.75, 3.05) is 26.7 Å². The lowest BCUT2D eigenvalue weighted by atomic mass is 10.0. The number of hydrogen-bond donors (Lipinski definition) is 2. The fourth-order valence-corrected chi connectivity index (χ4v) is 3.03. The van der Waals surface area contributed by atoms with E-state index in [4.69, 9.17) is 0 Å². The van der Waals surface area contributed by atoms with Crippen LogP contribution in [-0.4, -0.2) is 69.0 Å². The lowest BCUT2D eigenvalue weighted by molar-refractivity contribution is -0.122. The van der Waals surface area contributed by atoms with E-state index in [1.807, 2.05) is 19.9 Å². The number of amides is 2. The quantitative estimate of drug-likeness (QED) is 0.787. The molecule has 0 radical (unpaired) electrons. The van der Waals surface area contributed by atoms with Gasteiger partial charge in [0.1, 0.15) is 0 Å². The van der Waals surface area contributed by atoms with E-state index in [1.165, 1.54) is 0 Å². The fourth-order valence-electron chi connectivity index (χ4n) is 3.03. The number of nitrogens with one attached hydrogen (secondary N) is 2. The smallest absolute Gasteiger partial charge is 0.291 e. The van der Waals surface area contributed by atoms with E-state index in [9.17, 15) is 9.59 Å². The molecule has 2 amide bonds. The van der Waals surface area contributed by atoms with Gasteiger partial charge in [-0.2, -0.15) is 4.98 Å². The number of carbonyl (C=O) groups excluding carboxylic acids is 2. The van der Waals surface area contributed by atoms with Crippen molar-refractivity contribution >= 4 is 17.6 Å². The van der Waals surface area contributed by atoms with Crippen LogP contribution in [0.3, 0.4) is 0 Å². The average Bonchev–Trinajstić information content (AvgIpc) is 3.01. The number of likely N-dealkylation sites (tertiary alicyclic amines) is 1. The third kappa shape index (κ3) is 3.93. The van der Waals surface area contributed by atoms with Crippen molar-refractivity contribution in [3.05, 3.63) is 23.3 Å². The van der Waals surface area contributed by atoms with E-state index in [-0.39, 0.29) is 23.7 Å². The number of hydrogen-bond acceptors (Lipinski definition) is 6. The minimum absolute atomic E-state index is 0.00884. The summed E-state index contributed by atoms with van der Waals surface area (Å²) in [6.07, 6.45) is 1.60. The first-order valence-electron chi connectivity index (χ1n) is 8.41. The SMILES string of the molecule is CNC(=O)CN1CCC(NC(=O)c2nc3nc(C)cc(C)n3n2)CC1. The van der Waals surface area contributed by atoms with Gasteiger partial charge in [-0.3, -0.25) is 14.5 Å². The number of nitrogens with zero attached hydrogens (tertiary/aromatic N) is 5. The molecule has 0 aliphatic carbocycles. The van der Waals surface area contributed by atoms with Crippen LogP contribution in [0.15, 0.2) is 6.07 Å². The Hall–Kier alpha value is -2.55. The first-order chi connectivity index (χ1) is 12.0. The summed E-state index contributed by atoms with van der Waals surface area (Å²) in [5.74, 6) is 0.291. The highest BCUT2D eigenvalue weighted by molar-refractivity contribution is 5.91. The molecule has 0 atom stereocenters. The van der Waals surface area contributed by atoms with Crippen molar-refractivity contribution in [2.45, 2.75) is 32.7 Å². The molecule has 3 heterocycles. The van der Waals surface area contributed by atoms with Crippen LogP contribution < -0.4 is 10.6 Å². The molecular weight excluding hydrogens is 322 g/mol. The standard InChI is InChI=1S/C16H23N7O2/c1-10-8-11(2)23-16(18-10)20-14(21-23)15(25)19-12-4-6-22(7-5-12)9-13(24)17-3/h8,12H,4-7,9H2,1-3H3,(H,17,24)(H,19,25). The molecule has 2 aromatic rings. The van der Waals surface area contributed by atoms with Crippen LogP contribution in [0.4, 0.5) is 0 Å². The molecule has 1 saturated heterocycles. The van der Waals surface area contributed by atoms with Crippen LogP contribution in [0, 0.1) is 13.8 Å². The molecule has 2 N–H and O–H groups in total. The minimum Gasteiger partial charge on any atom is -0.358 e. The molecule has 1 aliphatic rings. The Morgan fingerprint density at radius 1 is 1.24 bits per heavy atom. The maximum Gasteiger partial charge on any atom is 0.291 e. The van der Waals surface area contributed by atoms with Gasteiger partial charge in [0, 0.05) is 37.6 Å². The number of aryl methyl sites for hydroxylation is 2. The number of rotatable bonds is 4. The molecule has 0 aromatic carbocycles. The van der Waals surface area contributed by atoms with Gasteiger partial charge in [-0.1, -0.05) is 0 Å². The Bertz CT molecular complexity index is 793. The maximum absolute atomic E-state index is 12.4. The number of piperidine rings is 1. The molecule has 0 saturated carbocycles. The number of aromatic nitrogens is 4. The normalized spacial score (nSPS) is 16.1. The molecule has 0 unspecified atom stereocenters. The Kier molecular flexibility index (Phi) is 4.93. The summed E-state index contributed by atoms with van der Waals surface area (Å²) in [4.78, 5) is 34.5. The van der Waals surface area contributed by atoms with Crippen LogP contribution in [0.2, 0.25) is 0 Å². The highest BCUT2D eigenvalue weighted by atomic mass is 16.2. The molecule has 25 heavy (non-hydrogen) atoms.